The van der Waals surface area contributed by atoms with Gasteiger partial charge in [-0.05, 0) is 0 Å². The molecule has 0 atom stereocenters. The standard InChI is InChI=1S/C3H5NO3S.Na.H/c1-3(2-4)8(5,6)7;;/h8H,1H2,(H2,5,6,7);;. The van der Waals surface area contributed by atoms with E-state index in [-0.39, 0.29) is 29.6 Å². The number of nitrogens with zero attached hydrogens (tertiary/aromatic N) is 1. The molecule has 0 aliphatic rings. The van der Waals surface area contributed by atoms with Gasteiger partial charge in [-0.15, -0.1) is 0 Å². The molecule has 6 heteroatoms. The molecule has 48 valence electrons. The van der Waals surface area contributed by atoms with Gasteiger partial charge in [0.25, 0.3) is 0 Å². The minimum atomic E-state index is -4.31. The quantitative estimate of drug-likeness (QED) is 0.269. The number of hydrogen-bond donors (Lipinski definition) is 3. The summed E-state index contributed by atoms with van der Waals surface area (Å²) in [5.74, 6) is 0. The Morgan fingerprint density at radius 1 is 1.67 bits per heavy atom. The molecule has 0 heterocycles. The van der Waals surface area contributed by atoms with Crippen LogP contribution in [0.15, 0.2) is 11.5 Å². The van der Waals surface area contributed by atoms with Gasteiger partial charge in [0.15, 0.2) is 0 Å². The van der Waals surface area contributed by atoms with E-state index in [1.165, 1.54) is 6.07 Å². The van der Waals surface area contributed by atoms with Crippen LogP contribution in [0.25, 0.3) is 0 Å². The Labute approximate surface area is 75.9 Å². The normalized spacial score (nSPS) is 10.8. The van der Waals surface area contributed by atoms with Gasteiger partial charge in [0.1, 0.15) is 21.5 Å². The first-order valence-electron chi connectivity index (χ1n) is 1.63. The van der Waals surface area contributed by atoms with E-state index in [1.807, 2.05) is 0 Å². The summed E-state index contributed by atoms with van der Waals surface area (Å²) in [7, 11) is -4.31. The van der Waals surface area contributed by atoms with Gasteiger partial charge < -0.3 is 9.11 Å². The molecule has 0 bridgehead atoms. The second kappa shape index (κ2) is 4.17. The van der Waals surface area contributed by atoms with E-state index in [0.29, 0.717) is 0 Å². The van der Waals surface area contributed by atoms with Crippen molar-refractivity contribution in [2.24, 2.45) is 0 Å². The number of rotatable bonds is 1. The van der Waals surface area contributed by atoms with E-state index < -0.39 is 15.4 Å². The molecule has 0 aliphatic carbocycles. The third kappa shape index (κ3) is 4.78. The molecule has 0 spiro atoms. The van der Waals surface area contributed by atoms with Crippen LogP contribution >= 0.6 is 0 Å². The van der Waals surface area contributed by atoms with Crippen molar-refractivity contribution in [1.29, 1.82) is 5.26 Å². The molecule has 4 nitrogen and oxygen atoms in total. The van der Waals surface area contributed by atoms with Crippen LogP contribution in [0.2, 0.25) is 0 Å². The summed E-state index contributed by atoms with van der Waals surface area (Å²) in [6.07, 6.45) is 0. The van der Waals surface area contributed by atoms with E-state index in [2.05, 4.69) is 6.58 Å². The van der Waals surface area contributed by atoms with Crippen molar-refractivity contribution in [3.8, 4) is 6.07 Å². The number of allylic oxidation sites excluding steroid dienone is 1. The summed E-state index contributed by atoms with van der Waals surface area (Å²) in [6.45, 7) is 2.82. The zero-order valence-corrected chi connectivity index (χ0v) is 4.80. The number of hydrogen-bond acceptors (Lipinski definition) is 2. The zero-order valence-electron chi connectivity index (χ0n) is 3.90. The number of nitriles is 1. The van der Waals surface area contributed by atoms with Crippen LogP contribution in [0.5, 0.6) is 0 Å². The van der Waals surface area contributed by atoms with Gasteiger partial charge in [0, 0.05) is 0 Å². The maximum absolute atomic E-state index is 9.93. The molecule has 0 amide bonds. The van der Waals surface area contributed by atoms with Gasteiger partial charge in [-0.25, -0.2) is 4.21 Å². The Morgan fingerprint density at radius 2 is 2.00 bits per heavy atom. The van der Waals surface area contributed by atoms with E-state index in [4.69, 9.17) is 14.4 Å². The summed E-state index contributed by atoms with van der Waals surface area (Å²) < 4.78 is 26.1. The molecule has 0 saturated carbocycles. The van der Waals surface area contributed by atoms with Gasteiger partial charge in [-0.1, -0.05) is 6.58 Å². The molecule has 9 heavy (non-hydrogen) atoms. The minimum absolute atomic E-state index is 0. The van der Waals surface area contributed by atoms with Crippen molar-refractivity contribution in [3.05, 3.63) is 11.5 Å². The van der Waals surface area contributed by atoms with Crippen LogP contribution in [-0.2, 0) is 10.5 Å². The zero-order chi connectivity index (χ0) is 6.78. The predicted molar refractivity (Wildman–Crippen MR) is 36.7 cm³/mol. The summed E-state index contributed by atoms with van der Waals surface area (Å²) in [5, 5.41) is 7.83. The fourth-order valence-corrected chi connectivity index (χ4v) is 0.195. The molecule has 0 rings (SSSR count). The second-order valence-electron chi connectivity index (χ2n) is 1.10. The molecule has 0 unspecified atom stereocenters. The molecule has 0 aromatic rings. The second-order valence-corrected chi connectivity index (χ2v) is 2.73. The van der Waals surface area contributed by atoms with Crippen molar-refractivity contribution < 1.29 is 13.3 Å². The number of thiol groups is 1. The van der Waals surface area contributed by atoms with Gasteiger partial charge >= 0.3 is 29.6 Å². The van der Waals surface area contributed by atoms with Crippen molar-refractivity contribution in [3.63, 3.8) is 0 Å². The monoisotopic (exact) mass is 159 g/mol. The van der Waals surface area contributed by atoms with Crippen LogP contribution in [0, 0.1) is 11.3 Å². The van der Waals surface area contributed by atoms with Crippen molar-refractivity contribution in [1.82, 2.24) is 0 Å². The Bertz CT molecular complexity index is 190. The Hall–Kier alpha value is 0.300. The van der Waals surface area contributed by atoms with E-state index in [0.717, 1.165) is 0 Å². The summed E-state index contributed by atoms with van der Waals surface area (Å²) in [6, 6.07) is 1.25. The molecule has 0 aromatic carbocycles. The van der Waals surface area contributed by atoms with Crippen LogP contribution in [-0.4, -0.2) is 42.9 Å². The molecule has 0 fully saturated rings. The third-order valence-corrected chi connectivity index (χ3v) is 1.28. The first kappa shape index (κ1) is 12.0. The maximum atomic E-state index is 9.93. The van der Waals surface area contributed by atoms with Gasteiger partial charge in [0.05, 0.1) is 0 Å². The summed E-state index contributed by atoms with van der Waals surface area (Å²) >= 11 is 0. The summed E-state index contributed by atoms with van der Waals surface area (Å²) in [4.78, 5) is -0.697. The predicted octanol–water partition coefficient (Wildman–Crippen LogP) is -0.662. The molecular weight excluding hydrogens is 153 g/mol. The van der Waals surface area contributed by atoms with Crippen molar-refractivity contribution in [2.75, 3.05) is 0 Å². The van der Waals surface area contributed by atoms with Gasteiger partial charge in [0.2, 0.25) is 0 Å². The molecule has 0 saturated heterocycles. The van der Waals surface area contributed by atoms with Crippen molar-refractivity contribution in [2.45, 2.75) is 0 Å². The molecule has 2 N–H and O–H groups in total. The first-order chi connectivity index (χ1) is 3.48. The molecular formula is C3H6NNaO3S. The third-order valence-electron chi connectivity index (χ3n) is 0.481. The van der Waals surface area contributed by atoms with E-state index >= 15 is 0 Å². The molecule has 0 aromatic heterocycles. The average molecular weight is 159 g/mol. The Morgan fingerprint density at radius 3 is 2.00 bits per heavy atom. The Balaban J connectivity index is 0. The first-order valence-corrected chi connectivity index (χ1v) is 3.25. The Kier molecular flexibility index (Phi) is 5.57. The van der Waals surface area contributed by atoms with Crippen LogP contribution in [0.1, 0.15) is 0 Å². The topological polar surface area (TPSA) is 81.3 Å². The molecule has 0 aliphatic heterocycles. The average Bonchev–Trinajstić information content (AvgIpc) is 1.62. The van der Waals surface area contributed by atoms with Crippen LogP contribution in [0.4, 0.5) is 0 Å². The fourth-order valence-electron chi connectivity index (χ4n) is 0.0651. The van der Waals surface area contributed by atoms with Crippen LogP contribution < -0.4 is 0 Å². The van der Waals surface area contributed by atoms with E-state index in [9.17, 15) is 4.21 Å². The summed E-state index contributed by atoms with van der Waals surface area (Å²) in [5.41, 5.74) is 0. The van der Waals surface area contributed by atoms with Crippen molar-refractivity contribution >= 4 is 40.1 Å². The van der Waals surface area contributed by atoms with Gasteiger partial charge in [-0.3, -0.25) is 0 Å². The van der Waals surface area contributed by atoms with E-state index in [1.54, 1.807) is 0 Å². The molecule has 0 radical (unpaired) electrons. The fraction of sp³-hybridized carbons (Fsp3) is 0. The SMILES string of the molecule is C=C(C#N)[SH](=O)(O)O.[NaH]. The van der Waals surface area contributed by atoms with Crippen LogP contribution in [0.3, 0.4) is 0 Å². The van der Waals surface area contributed by atoms with Gasteiger partial charge in [-0.2, -0.15) is 5.26 Å².